The van der Waals surface area contributed by atoms with Gasteiger partial charge in [-0.3, -0.25) is 14.3 Å². The minimum atomic E-state index is -0.268. The molecule has 2 unspecified atom stereocenters. The molecule has 0 bridgehead atoms. The molecule has 7 heteroatoms. The molecule has 3 rings (SSSR count). The molecule has 1 fully saturated rings. The van der Waals surface area contributed by atoms with Crippen molar-refractivity contribution < 1.29 is 9.53 Å². The van der Waals surface area contributed by atoms with Gasteiger partial charge in [0, 0.05) is 7.05 Å². The predicted octanol–water partition coefficient (Wildman–Crippen LogP) is 1.53. The van der Waals surface area contributed by atoms with Crippen molar-refractivity contribution in [2.75, 3.05) is 0 Å². The minimum Gasteiger partial charge on any atom is -0.457 e. The lowest BCUT2D eigenvalue weighted by Crippen LogP contribution is -2.24. The van der Waals surface area contributed by atoms with Crippen LogP contribution in [0.15, 0.2) is 11.0 Å². The van der Waals surface area contributed by atoms with Crippen LogP contribution >= 0.6 is 0 Å². The normalized spacial score (nSPS) is 21.9. The fourth-order valence-corrected chi connectivity index (χ4v) is 3.05. The Morgan fingerprint density at radius 3 is 3.09 bits per heavy atom. The quantitative estimate of drug-likeness (QED) is 0.868. The van der Waals surface area contributed by atoms with Crippen LogP contribution in [-0.4, -0.2) is 25.7 Å². The molecular weight excluding hydrogens is 284 g/mol. The number of hydrogen-bond donors (Lipinski definition) is 1. The zero-order chi connectivity index (χ0) is 15.7. The number of carbonyl (C=O) groups is 1. The van der Waals surface area contributed by atoms with Gasteiger partial charge in [-0.1, -0.05) is 19.8 Å². The van der Waals surface area contributed by atoms with Gasteiger partial charge in [-0.2, -0.15) is 5.10 Å². The topological polar surface area (TPSA) is 89.9 Å². The summed E-state index contributed by atoms with van der Waals surface area (Å²) >= 11 is 0. The first-order chi connectivity index (χ1) is 10.5. The van der Waals surface area contributed by atoms with E-state index in [0.717, 1.165) is 19.3 Å². The van der Waals surface area contributed by atoms with Crippen molar-refractivity contribution in [1.29, 1.82) is 0 Å². The van der Waals surface area contributed by atoms with Crippen molar-refractivity contribution in [3.8, 4) is 0 Å². The van der Waals surface area contributed by atoms with Gasteiger partial charge < -0.3 is 9.72 Å². The van der Waals surface area contributed by atoms with Crippen molar-refractivity contribution in [1.82, 2.24) is 19.7 Å². The molecule has 0 aliphatic heterocycles. The van der Waals surface area contributed by atoms with Crippen LogP contribution in [0.25, 0.3) is 11.0 Å². The Balaban J connectivity index is 1.69. The van der Waals surface area contributed by atoms with Gasteiger partial charge in [-0.25, -0.2) is 4.98 Å². The van der Waals surface area contributed by atoms with Crippen LogP contribution in [0.4, 0.5) is 0 Å². The van der Waals surface area contributed by atoms with Crippen molar-refractivity contribution in [2.45, 2.75) is 39.2 Å². The van der Waals surface area contributed by atoms with E-state index in [4.69, 9.17) is 4.74 Å². The molecule has 7 nitrogen and oxygen atoms in total. The van der Waals surface area contributed by atoms with E-state index in [0.29, 0.717) is 22.8 Å². The number of nitrogens with zero attached hydrogens (tertiary/aromatic N) is 3. The fourth-order valence-electron chi connectivity index (χ4n) is 3.05. The van der Waals surface area contributed by atoms with Crippen molar-refractivity contribution in [2.24, 2.45) is 18.9 Å². The lowest BCUT2D eigenvalue weighted by atomic mass is 9.82. The number of hydrogen-bond acceptors (Lipinski definition) is 5. The minimum absolute atomic E-state index is 0.0138. The first kappa shape index (κ1) is 14.7. The second kappa shape index (κ2) is 5.90. The molecule has 0 amide bonds. The van der Waals surface area contributed by atoms with Gasteiger partial charge in [-0.05, 0) is 18.8 Å². The van der Waals surface area contributed by atoms with E-state index < -0.39 is 0 Å². The summed E-state index contributed by atoms with van der Waals surface area (Å²) in [4.78, 5) is 31.0. The molecule has 1 saturated carbocycles. The molecule has 22 heavy (non-hydrogen) atoms. The fraction of sp³-hybridized carbons (Fsp3) is 0.600. The van der Waals surface area contributed by atoms with Crippen LogP contribution in [0.1, 0.15) is 38.4 Å². The van der Waals surface area contributed by atoms with E-state index in [1.54, 1.807) is 7.05 Å². The number of carbonyl (C=O) groups excluding carboxylic acids is 1. The molecule has 0 saturated heterocycles. The smallest absolute Gasteiger partial charge is 0.309 e. The van der Waals surface area contributed by atoms with Gasteiger partial charge >= 0.3 is 5.97 Å². The van der Waals surface area contributed by atoms with Crippen LogP contribution < -0.4 is 5.56 Å². The Morgan fingerprint density at radius 2 is 2.32 bits per heavy atom. The third-order valence-corrected chi connectivity index (χ3v) is 4.27. The predicted molar refractivity (Wildman–Crippen MR) is 80.0 cm³/mol. The van der Waals surface area contributed by atoms with E-state index in [1.807, 2.05) is 0 Å². The Hall–Kier alpha value is -2.18. The van der Waals surface area contributed by atoms with Crippen molar-refractivity contribution >= 4 is 17.0 Å². The number of ether oxygens (including phenoxy) is 1. The van der Waals surface area contributed by atoms with Crippen LogP contribution in [0, 0.1) is 11.8 Å². The maximum atomic E-state index is 12.1. The highest BCUT2D eigenvalue weighted by molar-refractivity contribution is 5.73. The third kappa shape index (κ3) is 2.88. The number of aryl methyl sites for hydroxylation is 1. The molecule has 1 aliphatic carbocycles. The van der Waals surface area contributed by atoms with Crippen molar-refractivity contribution in [3.05, 3.63) is 22.4 Å². The van der Waals surface area contributed by atoms with Crippen LogP contribution in [-0.2, 0) is 23.2 Å². The van der Waals surface area contributed by atoms with E-state index in [-0.39, 0.29) is 24.1 Å². The van der Waals surface area contributed by atoms with Gasteiger partial charge in [-0.15, -0.1) is 0 Å². The van der Waals surface area contributed by atoms with Crippen LogP contribution in [0.2, 0.25) is 0 Å². The van der Waals surface area contributed by atoms with Gasteiger partial charge in [0.2, 0.25) is 0 Å². The van der Waals surface area contributed by atoms with E-state index in [2.05, 4.69) is 22.0 Å². The zero-order valence-corrected chi connectivity index (χ0v) is 12.8. The lowest BCUT2D eigenvalue weighted by Gasteiger charge is -2.24. The number of aromatic amines is 1. The highest BCUT2D eigenvalue weighted by Gasteiger charge is 2.26. The summed E-state index contributed by atoms with van der Waals surface area (Å²) in [7, 11) is 1.72. The number of rotatable bonds is 3. The molecule has 2 atom stereocenters. The van der Waals surface area contributed by atoms with E-state index in [1.165, 1.54) is 17.3 Å². The molecule has 0 radical (unpaired) electrons. The number of nitrogens with one attached hydrogen (secondary N) is 1. The number of aromatic nitrogens is 4. The summed E-state index contributed by atoms with van der Waals surface area (Å²) in [6, 6.07) is 0. The summed E-state index contributed by atoms with van der Waals surface area (Å²) in [5, 5.41) is 4.43. The van der Waals surface area contributed by atoms with Crippen LogP contribution in [0.3, 0.4) is 0 Å². The Morgan fingerprint density at radius 1 is 1.50 bits per heavy atom. The van der Waals surface area contributed by atoms with Gasteiger partial charge in [0.05, 0.1) is 12.1 Å². The van der Waals surface area contributed by atoms with E-state index >= 15 is 0 Å². The summed E-state index contributed by atoms with van der Waals surface area (Å²) in [5.41, 5.74) is 0.219. The van der Waals surface area contributed by atoms with Gasteiger partial charge in [0.15, 0.2) is 5.65 Å². The summed E-state index contributed by atoms with van der Waals surface area (Å²) in [6.07, 6.45) is 5.48. The molecular formula is C15H20N4O3. The second-order valence-corrected chi connectivity index (χ2v) is 6.09. The summed E-state index contributed by atoms with van der Waals surface area (Å²) < 4.78 is 6.86. The third-order valence-electron chi connectivity index (χ3n) is 4.27. The average molecular weight is 304 g/mol. The molecule has 2 heterocycles. The standard InChI is InChI=1S/C15H20N4O3/c1-9-4-3-5-10(6-9)15(21)22-8-12-17-13-11(14(20)18-12)7-16-19(13)2/h7,9-10H,3-6,8H2,1-2H3,(H,17,18,20). The highest BCUT2D eigenvalue weighted by Crippen LogP contribution is 2.29. The average Bonchev–Trinajstić information content (AvgIpc) is 2.87. The number of esters is 1. The first-order valence-corrected chi connectivity index (χ1v) is 7.62. The number of H-pyrrole nitrogens is 1. The molecule has 1 aliphatic rings. The van der Waals surface area contributed by atoms with Gasteiger partial charge in [0.1, 0.15) is 17.8 Å². The lowest BCUT2D eigenvalue weighted by molar-refractivity contribution is -0.151. The monoisotopic (exact) mass is 304 g/mol. The van der Waals surface area contributed by atoms with Crippen LogP contribution in [0.5, 0.6) is 0 Å². The second-order valence-electron chi connectivity index (χ2n) is 6.09. The molecule has 2 aromatic heterocycles. The summed E-state index contributed by atoms with van der Waals surface area (Å²) in [5.74, 6) is 0.684. The highest BCUT2D eigenvalue weighted by atomic mass is 16.5. The first-order valence-electron chi connectivity index (χ1n) is 7.62. The molecule has 1 N–H and O–H groups in total. The number of fused-ring (bicyclic) bond motifs is 1. The largest absolute Gasteiger partial charge is 0.457 e. The molecule has 0 spiro atoms. The Labute approximate surface area is 127 Å². The van der Waals surface area contributed by atoms with Gasteiger partial charge in [0.25, 0.3) is 5.56 Å². The maximum absolute atomic E-state index is 12.1. The summed E-state index contributed by atoms with van der Waals surface area (Å²) in [6.45, 7) is 2.15. The molecule has 0 aromatic carbocycles. The Kier molecular flexibility index (Phi) is 3.96. The van der Waals surface area contributed by atoms with E-state index in [9.17, 15) is 9.59 Å². The SMILES string of the molecule is CC1CCCC(C(=O)OCc2nc3c(cnn3C)c(=O)[nH]2)C1. The zero-order valence-electron chi connectivity index (χ0n) is 12.8. The molecule has 118 valence electrons. The van der Waals surface area contributed by atoms with Crippen molar-refractivity contribution in [3.63, 3.8) is 0 Å². The molecule has 2 aromatic rings. The maximum Gasteiger partial charge on any atom is 0.309 e. The Bertz CT molecular complexity index is 749.